The van der Waals surface area contributed by atoms with Crippen molar-refractivity contribution in [2.45, 2.75) is 0 Å². The minimum Gasteiger partial charge on any atom is -0.340 e. The first-order chi connectivity index (χ1) is 13.2. The molecule has 0 aliphatic heterocycles. The Balaban J connectivity index is 1.69. The van der Waals surface area contributed by atoms with Crippen LogP contribution in [0.5, 0.6) is 0 Å². The lowest BCUT2D eigenvalue weighted by Gasteiger charge is -2.07. The highest BCUT2D eigenvalue weighted by Gasteiger charge is 2.17. The summed E-state index contributed by atoms with van der Waals surface area (Å²) in [7, 11) is 1.93. The van der Waals surface area contributed by atoms with E-state index in [-0.39, 0.29) is 5.82 Å². The van der Waals surface area contributed by atoms with E-state index in [0.29, 0.717) is 5.82 Å². The molecule has 0 aliphatic rings. The van der Waals surface area contributed by atoms with Crippen LogP contribution in [-0.2, 0) is 7.05 Å². The fourth-order valence-corrected chi connectivity index (χ4v) is 3.24. The van der Waals surface area contributed by atoms with Crippen LogP contribution in [0.3, 0.4) is 0 Å². The van der Waals surface area contributed by atoms with Gasteiger partial charge in [-0.05, 0) is 36.4 Å². The summed E-state index contributed by atoms with van der Waals surface area (Å²) in [5.41, 5.74) is 4.29. The van der Waals surface area contributed by atoms with Crippen molar-refractivity contribution < 1.29 is 4.39 Å². The molecule has 0 bridgehead atoms. The molecule has 0 fully saturated rings. The maximum atomic E-state index is 13.2. The highest BCUT2D eigenvalue weighted by atomic mass is 19.1. The van der Waals surface area contributed by atoms with Crippen LogP contribution in [0, 0.1) is 5.82 Å². The average molecular weight is 358 g/mol. The zero-order chi connectivity index (χ0) is 18.4. The van der Waals surface area contributed by atoms with E-state index in [1.807, 2.05) is 42.1 Å². The van der Waals surface area contributed by atoms with Crippen LogP contribution >= 0.6 is 0 Å². The van der Waals surface area contributed by atoms with Crippen LogP contribution < -0.4 is 5.32 Å². The van der Waals surface area contributed by atoms with E-state index < -0.39 is 0 Å². The third-order valence-corrected chi connectivity index (χ3v) is 4.50. The zero-order valence-corrected chi connectivity index (χ0v) is 14.4. The summed E-state index contributed by atoms with van der Waals surface area (Å²) in [4.78, 5) is 16.9. The fraction of sp³-hybridized carbons (Fsp3) is 0.0500. The molecule has 0 atom stereocenters. The van der Waals surface area contributed by atoms with Gasteiger partial charge >= 0.3 is 0 Å². The van der Waals surface area contributed by atoms with Crippen molar-refractivity contribution in [3.8, 4) is 11.4 Å². The quantitative estimate of drug-likeness (QED) is 0.502. The summed E-state index contributed by atoms with van der Waals surface area (Å²) in [5.74, 6) is 1.11. The Bertz CT molecular complexity index is 1240. The van der Waals surface area contributed by atoms with Gasteiger partial charge in [0.1, 0.15) is 29.4 Å². The number of hydrogen-bond acceptors (Lipinski definition) is 4. The monoisotopic (exact) mass is 358 g/mol. The van der Waals surface area contributed by atoms with Crippen molar-refractivity contribution in [3.05, 3.63) is 66.9 Å². The van der Waals surface area contributed by atoms with Gasteiger partial charge in [0.05, 0.1) is 16.4 Å². The number of anilines is 2. The Kier molecular flexibility index (Phi) is 3.39. The maximum Gasteiger partial charge on any atom is 0.145 e. The molecule has 0 saturated carbocycles. The lowest BCUT2D eigenvalue weighted by molar-refractivity contribution is 0.628. The first-order valence-corrected chi connectivity index (χ1v) is 8.47. The lowest BCUT2D eigenvalue weighted by Crippen LogP contribution is -1.97. The average Bonchev–Trinajstić information content (AvgIpc) is 3.25. The summed E-state index contributed by atoms with van der Waals surface area (Å²) in [6, 6.07) is 14.1. The molecule has 0 aliphatic carbocycles. The van der Waals surface area contributed by atoms with E-state index in [2.05, 4.69) is 20.3 Å². The number of fused-ring (bicyclic) bond motifs is 2. The van der Waals surface area contributed by atoms with Crippen molar-refractivity contribution >= 4 is 33.6 Å². The van der Waals surface area contributed by atoms with Crippen molar-refractivity contribution in [1.29, 1.82) is 0 Å². The van der Waals surface area contributed by atoms with Gasteiger partial charge in [0, 0.05) is 24.5 Å². The fourth-order valence-electron chi connectivity index (χ4n) is 3.24. The second-order valence-electron chi connectivity index (χ2n) is 6.31. The van der Waals surface area contributed by atoms with Crippen molar-refractivity contribution in [2.24, 2.45) is 7.05 Å². The van der Waals surface area contributed by atoms with Gasteiger partial charge in [0.2, 0.25) is 0 Å². The van der Waals surface area contributed by atoms with Gasteiger partial charge in [-0.3, -0.25) is 0 Å². The number of nitrogens with one attached hydrogen (secondary N) is 2. The first-order valence-electron chi connectivity index (χ1n) is 8.47. The molecule has 5 rings (SSSR count). The van der Waals surface area contributed by atoms with Crippen molar-refractivity contribution in [3.63, 3.8) is 0 Å². The van der Waals surface area contributed by atoms with E-state index >= 15 is 0 Å². The number of aromatic nitrogens is 5. The predicted molar refractivity (Wildman–Crippen MR) is 103 cm³/mol. The summed E-state index contributed by atoms with van der Waals surface area (Å²) in [6.45, 7) is 0. The minimum absolute atomic E-state index is 0.281. The molecule has 5 aromatic rings. The molecule has 0 amide bonds. The van der Waals surface area contributed by atoms with Gasteiger partial charge in [0.25, 0.3) is 0 Å². The predicted octanol–water partition coefficient (Wildman–Crippen LogP) is 4.39. The van der Waals surface area contributed by atoms with E-state index in [1.165, 1.54) is 18.5 Å². The van der Waals surface area contributed by atoms with Crippen molar-refractivity contribution in [1.82, 2.24) is 24.5 Å². The molecule has 2 aromatic carbocycles. The topological polar surface area (TPSA) is 71.4 Å². The number of nitrogens with zero attached hydrogens (tertiary/aromatic N) is 4. The first kappa shape index (κ1) is 15.5. The third-order valence-electron chi connectivity index (χ3n) is 4.50. The van der Waals surface area contributed by atoms with Gasteiger partial charge in [0.15, 0.2) is 0 Å². The molecule has 27 heavy (non-hydrogen) atoms. The molecule has 2 N–H and O–H groups in total. The molecular formula is C20H15FN6. The van der Waals surface area contributed by atoms with Gasteiger partial charge in [-0.1, -0.05) is 12.1 Å². The number of para-hydroxylation sites is 2. The van der Waals surface area contributed by atoms with E-state index in [1.54, 1.807) is 12.1 Å². The van der Waals surface area contributed by atoms with Gasteiger partial charge < -0.3 is 14.9 Å². The van der Waals surface area contributed by atoms with Gasteiger partial charge in [-0.2, -0.15) is 0 Å². The van der Waals surface area contributed by atoms with Crippen LogP contribution in [0.2, 0.25) is 0 Å². The zero-order valence-electron chi connectivity index (χ0n) is 14.4. The normalized spacial score (nSPS) is 11.3. The summed E-state index contributed by atoms with van der Waals surface area (Å²) in [5, 5.41) is 4.11. The Labute approximate surface area is 153 Å². The summed E-state index contributed by atoms with van der Waals surface area (Å²) < 4.78 is 15.1. The molecule has 7 heteroatoms. The van der Waals surface area contributed by atoms with Gasteiger partial charge in [-0.25, -0.2) is 19.3 Å². The Morgan fingerprint density at radius 3 is 2.67 bits per heavy atom. The summed E-state index contributed by atoms with van der Waals surface area (Å²) >= 11 is 0. The number of aromatic amines is 1. The SMILES string of the molecule is Cn1cc(-c2nc3ccccc3[nH]2)c2c(Nc3ccc(F)cc3)ncnc21. The maximum absolute atomic E-state index is 13.2. The lowest BCUT2D eigenvalue weighted by atomic mass is 10.2. The number of H-pyrrole nitrogens is 1. The van der Waals surface area contributed by atoms with Crippen LogP contribution in [0.1, 0.15) is 0 Å². The molecular weight excluding hydrogens is 343 g/mol. The van der Waals surface area contributed by atoms with Crippen molar-refractivity contribution in [2.75, 3.05) is 5.32 Å². The van der Waals surface area contributed by atoms with Crippen LogP contribution in [0.15, 0.2) is 61.1 Å². The van der Waals surface area contributed by atoms with E-state index in [0.717, 1.165) is 39.1 Å². The smallest absolute Gasteiger partial charge is 0.145 e. The summed E-state index contributed by atoms with van der Waals surface area (Å²) in [6.07, 6.45) is 3.49. The third kappa shape index (κ3) is 2.60. The molecule has 0 radical (unpaired) electrons. The van der Waals surface area contributed by atoms with Gasteiger partial charge in [-0.15, -0.1) is 0 Å². The van der Waals surface area contributed by atoms with E-state index in [9.17, 15) is 4.39 Å². The van der Waals surface area contributed by atoms with Crippen LogP contribution in [0.4, 0.5) is 15.9 Å². The van der Waals surface area contributed by atoms with Crippen LogP contribution in [-0.4, -0.2) is 24.5 Å². The molecule has 132 valence electrons. The number of rotatable bonds is 3. The second kappa shape index (κ2) is 5.91. The standard InChI is InChI=1S/C20H15FN6/c1-27-10-14(18-25-15-4-2-3-5-16(15)26-18)17-19(22-11-23-20(17)27)24-13-8-6-12(21)7-9-13/h2-11H,1H3,(H,25,26)(H,22,23,24). The highest BCUT2D eigenvalue weighted by molar-refractivity contribution is 6.01. The molecule has 3 heterocycles. The minimum atomic E-state index is -0.281. The number of benzene rings is 2. The largest absolute Gasteiger partial charge is 0.340 e. The Morgan fingerprint density at radius 2 is 1.85 bits per heavy atom. The molecule has 6 nitrogen and oxygen atoms in total. The number of hydrogen-bond donors (Lipinski definition) is 2. The molecule has 3 aromatic heterocycles. The molecule has 0 spiro atoms. The number of aryl methyl sites for hydroxylation is 1. The highest BCUT2D eigenvalue weighted by Crippen LogP contribution is 2.34. The second-order valence-corrected chi connectivity index (χ2v) is 6.31. The Morgan fingerprint density at radius 1 is 1.04 bits per heavy atom. The number of imidazole rings is 1. The molecule has 0 saturated heterocycles. The molecule has 0 unspecified atom stereocenters. The number of halogens is 1. The Hall–Kier alpha value is -3.74. The van der Waals surface area contributed by atoms with E-state index in [4.69, 9.17) is 4.98 Å². The van der Waals surface area contributed by atoms with Crippen LogP contribution in [0.25, 0.3) is 33.5 Å².